The fourth-order valence-electron chi connectivity index (χ4n) is 1.77. The van der Waals surface area contributed by atoms with Crippen LogP contribution in [0.2, 0.25) is 0 Å². The van der Waals surface area contributed by atoms with Crippen LogP contribution in [0.4, 0.5) is 4.39 Å². The first kappa shape index (κ1) is 11.0. The molecule has 1 aromatic heterocycles. The van der Waals surface area contributed by atoms with Crippen molar-refractivity contribution < 1.29 is 13.9 Å². The first-order valence-electron chi connectivity index (χ1n) is 5.13. The summed E-state index contributed by atoms with van der Waals surface area (Å²) < 4.78 is 17.9. The number of aromatic nitrogens is 1. The number of likely N-dealkylation sites (tertiary alicyclic amines) is 1. The van der Waals surface area contributed by atoms with Crippen LogP contribution in [0.25, 0.3) is 0 Å². The van der Waals surface area contributed by atoms with Gasteiger partial charge >= 0.3 is 0 Å². The first-order valence-corrected chi connectivity index (χ1v) is 5.13. The summed E-state index contributed by atoms with van der Waals surface area (Å²) in [5.41, 5.74) is 0.292. The summed E-state index contributed by atoms with van der Waals surface area (Å²) in [6, 6.07) is 1.32. The van der Waals surface area contributed by atoms with Crippen molar-refractivity contribution in [2.45, 2.75) is 12.5 Å². The van der Waals surface area contributed by atoms with E-state index in [1.165, 1.54) is 12.3 Å². The molecule has 0 aromatic carbocycles. The third-order valence-corrected chi connectivity index (χ3v) is 2.72. The second-order valence-electron chi connectivity index (χ2n) is 3.79. The molecule has 0 saturated carbocycles. The van der Waals surface area contributed by atoms with E-state index in [1.54, 1.807) is 12.0 Å². The van der Waals surface area contributed by atoms with Gasteiger partial charge < -0.3 is 9.64 Å². The van der Waals surface area contributed by atoms with Gasteiger partial charge in [-0.25, -0.2) is 4.39 Å². The summed E-state index contributed by atoms with van der Waals surface area (Å²) in [4.78, 5) is 17.3. The van der Waals surface area contributed by atoms with Gasteiger partial charge in [0.1, 0.15) is 5.82 Å². The highest BCUT2D eigenvalue weighted by Gasteiger charge is 2.32. The number of rotatable bonds is 3. The molecule has 4 nitrogen and oxygen atoms in total. The summed E-state index contributed by atoms with van der Waals surface area (Å²) in [5, 5.41) is 0. The normalized spacial score (nSPS) is 19.4. The number of halogens is 1. The van der Waals surface area contributed by atoms with Crippen molar-refractivity contribution in [3.63, 3.8) is 0 Å². The van der Waals surface area contributed by atoms with Crippen LogP contribution in [0.3, 0.4) is 0 Å². The molecule has 0 radical (unpaired) electrons. The summed E-state index contributed by atoms with van der Waals surface area (Å²) >= 11 is 0. The zero-order valence-electron chi connectivity index (χ0n) is 9.02. The maximum Gasteiger partial charge on any atom is 0.255 e. The first-order chi connectivity index (χ1) is 7.72. The van der Waals surface area contributed by atoms with Gasteiger partial charge in [0.25, 0.3) is 5.91 Å². The highest BCUT2D eigenvalue weighted by atomic mass is 19.1. The SMILES string of the molecule is COCC1CCN1C(=O)c1cncc(F)c1. The molecule has 2 heterocycles. The molecule has 1 aliphatic heterocycles. The molecule has 1 atom stereocenters. The summed E-state index contributed by atoms with van der Waals surface area (Å²) in [5.74, 6) is -0.671. The third kappa shape index (κ3) is 2.04. The molecule has 2 rings (SSSR count). The Morgan fingerprint density at radius 2 is 2.50 bits per heavy atom. The minimum atomic E-state index is -0.491. The molecule has 1 aliphatic rings. The molecule has 16 heavy (non-hydrogen) atoms. The molecular weight excluding hydrogens is 211 g/mol. The monoisotopic (exact) mass is 224 g/mol. The van der Waals surface area contributed by atoms with Crippen LogP contribution < -0.4 is 0 Å². The number of methoxy groups -OCH3 is 1. The molecular formula is C11H13FN2O2. The van der Waals surface area contributed by atoms with E-state index >= 15 is 0 Å². The number of carbonyl (C=O) groups excluding carboxylic acids is 1. The van der Waals surface area contributed by atoms with Crippen LogP contribution in [0, 0.1) is 5.82 Å². The Morgan fingerprint density at radius 1 is 1.69 bits per heavy atom. The molecule has 5 heteroatoms. The quantitative estimate of drug-likeness (QED) is 0.771. The molecule has 0 N–H and O–H groups in total. The second kappa shape index (κ2) is 4.57. The number of carbonyl (C=O) groups is 1. The zero-order valence-corrected chi connectivity index (χ0v) is 9.02. The van der Waals surface area contributed by atoms with Gasteiger partial charge in [-0.05, 0) is 12.5 Å². The van der Waals surface area contributed by atoms with Crippen molar-refractivity contribution in [1.29, 1.82) is 0 Å². The molecule has 1 saturated heterocycles. The molecule has 1 fully saturated rings. The van der Waals surface area contributed by atoms with Crippen molar-refractivity contribution in [1.82, 2.24) is 9.88 Å². The zero-order chi connectivity index (χ0) is 11.5. The Balaban J connectivity index is 2.08. The van der Waals surface area contributed by atoms with Gasteiger partial charge in [-0.2, -0.15) is 0 Å². The van der Waals surface area contributed by atoms with Gasteiger partial charge in [0.05, 0.1) is 24.4 Å². The van der Waals surface area contributed by atoms with Gasteiger partial charge in [0, 0.05) is 19.9 Å². The lowest BCUT2D eigenvalue weighted by atomic mass is 10.0. The van der Waals surface area contributed by atoms with Crippen LogP contribution in [-0.4, -0.2) is 42.1 Å². The molecule has 0 aliphatic carbocycles. The van der Waals surface area contributed by atoms with Crippen LogP contribution in [-0.2, 0) is 4.74 Å². The molecule has 1 unspecified atom stereocenters. The van der Waals surface area contributed by atoms with E-state index in [9.17, 15) is 9.18 Å². The number of ether oxygens (including phenoxy) is 1. The van der Waals surface area contributed by atoms with E-state index in [2.05, 4.69) is 4.98 Å². The van der Waals surface area contributed by atoms with E-state index in [1.807, 2.05) is 0 Å². The topological polar surface area (TPSA) is 42.4 Å². The van der Waals surface area contributed by atoms with Crippen LogP contribution >= 0.6 is 0 Å². The summed E-state index contributed by atoms with van der Waals surface area (Å²) in [6.45, 7) is 1.22. The van der Waals surface area contributed by atoms with Crippen LogP contribution in [0.1, 0.15) is 16.8 Å². The van der Waals surface area contributed by atoms with Crippen LogP contribution in [0.5, 0.6) is 0 Å². The Kier molecular flexibility index (Phi) is 3.14. The molecule has 0 spiro atoms. The van der Waals surface area contributed by atoms with Crippen molar-refractivity contribution in [3.05, 3.63) is 29.8 Å². The molecule has 1 aromatic rings. The van der Waals surface area contributed by atoms with Gasteiger partial charge in [-0.3, -0.25) is 9.78 Å². The van der Waals surface area contributed by atoms with Crippen molar-refractivity contribution in [2.24, 2.45) is 0 Å². The van der Waals surface area contributed by atoms with Crippen LogP contribution in [0.15, 0.2) is 18.5 Å². The summed E-state index contributed by atoms with van der Waals surface area (Å²) in [7, 11) is 1.60. The minimum Gasteiger partial charge on any atom is -0.383 e. The predicted octanol–water partition coefficient (Wildman–Crippen LogP) is 1.08. The van der Waals surface area contributed by atoms with E-state index in [4.69, 9.17) is 4.74 Å². The Bertz CT molecular complexity index is 397. The number of pyridine rings is 1. The van der Waals surface area contributed by atoms with E-state index in [0.29, 0.717) is 18.7 Å². The largest absolute Gasteiger partial charge is 0.383 e. The molecule has 0 bridgehead atoms. The lowest BCUT2D eigenvalue weighted by molar-refractivity contribution is 0.0201. The predicted molar refractivity (Wildman–Crippen MR) is 55.5 cm³/mol. The minimum absolute atomic E-state index is 0.112. The Labute approximate surface area is 93.0 Å². The van der Waals surface area contributed by atoms with Gasteiger partial charge in [-0.15, -0.1) is 0 Å². The standard InChI is InChI=1S/C11H13FN2O2/c1-16-7-10-2-3-14(10)11(15)8-4-9(12)6-13-5-8/h4-6,10H,2-3,7H2,1H3. The average molecular weight is 224 g/mol. The van der Waals surface area contributed by atoms with E-state index in [0.717, 1.165) is 12.6 Å². The Hall–Kier alpha value is -1.49. The fourth-order valence-corrected chi connectivity index (χ4v) is 1.77. The van der Waals surface area contributed by atoms with Gasteiger partial charge in [-0.1, -0.05) is 0 Å². The van der Waals surface area contributed by atoms with Crippen molar-refractivity contribution >= 4 is 5.91 Å². The summed E-state index contributed by atoms with van der Waals surface area (Å²) in [6.07, 6.45) is 3.40. The maximum atomic E-state index is 12.9. The smallest absolute Gasteiger partial charge is 0.255 e. The number of hydrogen-bond acceptors (Lipinski definition) is 3. The van der Waals surface area contributed by atoms with E-state index in [-0.39, 0.29) is 11.9 Å². The van der Waals surface area contributed by atoms with Crippen molar-refractivity contribution in [2.75, 3.05) is 20.3 Å². The molecule has 1 amide bonds. The maximum absolute atomic E-state index is 12.9. The van der Waals surface area contributed by atoms with Crippen molar-refractivity contribution in [3.8, 4) is 0 Å². The van der Waals surface area contributed by atoms with Gasteiger partial charge in [0.2, 0.25) is 0 Å². The second-order valence-corrected chi connectivity index (χ2v) is 3.79. The van der Waals surface area contributed by atoms with E-state index < -0.39 is 5.82 Å². The lowest BCUT2D eigenvalue weighted by Gasteiger charge is -2.40. The highest BCUT2D eigenvalue weighted by Crippen LogP contribution is 2.20. The highest BCUT2D eigenvalue weighted by molar-refractivity contribution is 5.94. The number of hydrogen-bond donors (Lipinski definition) is 0. The number of amides is 1. The number of nitrogens with zero attached hydrogens (tertiary/aromatic N) is 2. The average Bonchev–Trinajstić information content (AvgIpc) is 2.24. The van der Waals surface area contributed by atoms with Gasteiger partial charge in [0.15, 0.2) is 0 Å². The lowest BCUT2D eigenvalue weighted by Crippen LogP contribution is -2.53. The fraction of sp³-hybridized carbons (Fsp3) is 0.455. The third-order valence-electron chi connectivity index (χ3n) is 2.72. The molecule has 86 valence electrons. The Morgan fingerprint density at radius 3 is 3.06 bits per heavy atom.